The van der Waals surface area contributed by atoms with Gasteiger partial charge in [-0.1, -0.05) is 24.3 Å². The van der Waals surface area contributed by atoms with Crippen LogP contribution in [0.4, 0.5) is 11.4 Å². The molecule has 4 rings (SSSR count). The highest BCUT2D eigenvalue weighted by atomic mass is 16.2. The molecular formula is C21H20N4O2. The maximum absolute atomic E-state index is 12.7. The summed E-state index contributed by atoms with van der Waals surface area (Å²) < 4.78 is 1.73. The van der Waals surface area contributed by atoms with Crippen molar-refractivity contribution >= 4 is 23.2 Å². The molecule has 1 fully saturated rings. The highest BCUT2D eigenvalue weighted by Gasteiger charge is 2.35. The van der Waals surface area contributed by atoms with Crippen LogP contribution in [0.15, 0.2) is 67.0 Å². The second kappa shape index (κ2) is 7.07. The molecule has 0 radical (unpaired) electrons. The molecule has 3 aromatic rings. The summed E-state index contributed by atoms with van der Waals surface area (Å²) in [5, 5.41) is 7.13. The third-order valence-corrected chi connectivity index (χ3v) is 4.78. The van der Waals surface area contributed by atoms with Gasteiger partial charge in [-0.05, 0) is 42.8 Å². The molecule has 0 aliphatic carbocycles. The van der Waals surface area contributed by atoms with Crippen molar-refractivity contribution in [3.05, 3.63) is 72.6 Å². The first-order valence-corrected chi connectivity index (χ1v) is 8.89. The van der Waals surface area contributed by atoms with Crippen molar-refractivity contribution in [3.8, 4) is 5.69 Å². The molecule has 2 amide bonds. The standard InChI is InChI=1S/C21H20N4O2/c1-15-6-2-3-9-19(15)24-14-16(12-20(24)26)21(27)23-17-7-4-8-18(13-17)25-11-5-10-22-25/h2-11,13,16H,12,14H2,1H3,(H,23,27)/t16-/m1/s1. The molecule has 1 aliphatic rings. The van der Waals surface area contributed by atoms with Gasteiger partial charge in [0.15, 0.2) is 0 Å². The number of nitrogens with one attached hydrogen (secondary N) is 1. The van der Waals surface area contributed by atoms with Crippen molar-refractivity contribution in [2.24, 2.45) is 5.92 Å². The molecule has 6 heteroatoms. The summed E-state index contributed by atoms with van der Waals surface area (Å²) in [7, 11) is 0. The Hall–Kier alpha value is -3.41. The second-order valence-corrected chi connectivity index (χ2v) is 6.68. The molecule has 1 aliphatic heterocycles. The lowest BCUT2D eigenvalue weighted by molar-refractivity contribution is -0.122. The van der Waals surface area contributed by atoms with Crippen LogP contribution in [0.2, 0.25) is 0 Å². The normalized spacial score (nSPS) is 16.6. The molecule has 0 saturated carbocycles. The van der Waals surface area contributed by atoms with Gasteiger partial charge < -0.3 is 10.2 Å². The molecule has 6 nitrogen and oxygen atoms in total. The summed E-state index contributed by atoms with van der Waals surface area (Å²) in [5.74, 6) is -0.530. The van der Waals surface area contributed by atoms with E-state index in [9.17, 15) is 9.59 Å². The van der Waals surface area contributed by atoms with E-state index in [1.807, 2.05) is 67.7 Å². The maximum atomic E-state index is 12.7. The molecule has 2 heterocycles. The van der Waals surface area contributed by atoms with Crippen LogP contribution >= 0.6 is 0 Å². The lowest BCUT2D eigenvalue weighted by Crippen LogP contribution is -2.28. The number of para-hydroxylation sites is 1. The van der Waals surface area contributed by atoms with E-state index in [2.05, 4.69) is 10.4 Å². The van der Waals surface area contributed by atoms with E-state index in [4.69, 9.17) is 0 Å². The number of benzene rings is 2. The number of anilines is 2. The van der Waals surface area contributed by atoms with Crippen LogP contribution in [0.5, 0.6) is 0 Å². The van der Waals surface area contributed by atoms with E-state index >= 15 is 0 Å². The Labute approximate surface area is 157 Å². The van der Waals surface area contributed by atoms with Crippen LogP contribution in [-0.2, 0) is 9.59 Å². The van der Waals surface area contributed by atoms with Gasteiger partial charge in [0.25, 0.3) is 0 Å². The first-order chi connectivity index (χ1) is 13.1. The van der Waals surface area contributed by atoms with Gasteiger partial charge in [0.1, 0.15) is 0 Å². The van der Waals surface area contributed by atoms with Crippen LogP contribution in [0.3, 0.4) is 0 Å². The average molecular weight is 360 g/mol. The Morgan fingerprint density at radius 1 is 1.15 bits per heavy atom. The Bertz CT molecular complexity index is 981. The summed E-state index contributed by atoms with van der Waals surface area (Å²) in [6.07, 6.45) is 3.77. The number of carbonyl (C=O) groups is 2. The molecule has 27 heavy (non-hydrogen) atoms. The summed E-state index contributed by atoms with van der Waals surface area (Å²) in [5.41, 5.74) is 3.45. The average Bonchev–Trinajstić information content (AvgIpc) is 3.32. The van der Waals surface area contributed by atoms with E-state index in [-0.39, 0.29) is 24.2 Å². The van der Waals surface area contributed by atoms with Crippen LogP contribution in [0.25, 0.3) is 5.69 Å². The second-order valence-electron chi connectivity index (χ2n) is 6.68. The first kappa shape index (κ1) is 17.0. The van der Waals surface area contributed by atoms with E-state index in [1.54, 1.807) is 15.8 Å². The number of hydrogen-bond acceptors (Lipinski definition) is 3. The minimum Gasteiger partial charge on any atom is -0.326 e. The SMILES string of the molecule is Cc1ccccc1N1C[C@H](C(=O)Nc2cccc(-n3cccn3)c2)CC1=O. The third kappa shape index (κ3) is 3.46. The minimum atomic E-state index is -0.370. The lowest BCUT2D eigenvalue weighted by atomic mass is 10.1. The van der Waals surface area contributed by atoms with E-state index < -0.39 is 0 Å². The molecular weight excluding hydrogens is 340 g/mol. The van der Waals surface area contributed by atoms with Gasteiger partial charge in [-0.2, -0.15) is 5.10 Å². The molecule has 0 spiro atoms. The Morgan fingerprint density at radius 3 is 2.78 bits per heavy atom. The van der Waals surface area contributed by atoms with Crippen molar-refractivity contribution < 1.29 is 9.59 Å². The fourth-order valence-corrected chi connectivity index (χ4v) is 3.37. The molecule has 0 unspecified atom stereocenters. The molecule has 136 valence electrons. The summed E-state index contributed by atoms with van der Waals surface area (Å²) in [4.78, 5) is 26.9. The van der Waals surface area contributed by atoms with Gasteiger partial charge in [-0.15, -0.1) is 0 Å². The Balaban J connectivity index is 1.47. The fraction of sp³-hybridized carbons (Fsp3) is 0.190. The number of hydrogen-bond donors (Lipinski definition) is 1. The zero-order chi connectivity index (χ0) is 18.8. The molecule has 2 aromatic carbocycles. The predicted molar refractivity (Wildman–Crippen MR) is 104 cm³/mol. The van der Waals surface area contributed by atoms with Crippen LogP contribution in [-0.4, -0.2) is 28.1 Å². The molecule has 0 bridgehead atoms. The number of aryl methyl sites for hydroxylation is 1. The number of amides is 2. The minimum absolute atomic E-state index is 0.0188. The topological polar surface area (TPSA) is 67.2 Å². The largest absolute Gasteiger partial charge is 0.326 e. The predicted octanol–water partition coefficient (Wildman–Crippen LogP) is 3.17. The Morgan fingerprint density at radius 2 is 2.00 bits per heavy atom. The van der Waals surface area contributed by atoms with Crippen molar-refractivity contribution in [3.63, 3.8) is 0 Å². The summed E-state index contributed by atoms with van der Waals surface area (Å²) in [6, 6.07) is 17.1. The van der Waals surface area contributed by atoms with Crippen LogP contribution in [0, 0.1) is 12.8 Å². The van der Waals surface area contributed by atoms with Gasteiger partial charge in [0.2, 0.25) is 11.8 Å². The van der Waals surface area contributed by atoms with Gasteiger partial charge in [-0.25, -0.2) is 4.68 Å². The number of carbonyl (C=O) groups excluding carboxylic acids is 2. The zero-order valence-corrected chi connectivity index (χ0v) is 15.0. The van der Waals surface area contributed by atoms with Crippen molar-refractivity contribution in [1.29, 1.82) is 0 Å². The maximum Gasteiger partial charge on any atom is 0.229 e. The summed E-state index contributed by atoms with van der Waals surface area (Å²) in [6.45, 7) is 2.37. The van der Waals surface area contributed by atoms with Gasteiger partial charge in [0.05, 0.1) is 11.6 Å². The Kier molecular flexibility index (Phi) is 4.46. The number of aromatic nitrogens is 2. The van der Waals surface area contributed by atoms with Gasteiger partial charge >= 0.3 is 0 Å². The number of nitrogens with zero attached hydrogens (tertiary/aromatic N) is 3. The van der Waals surface area contributed by atoms with Crippen molar-refractivity contribution in [2.75, 3.05) is 16.8 Å². The molecule has 1 N–H and O–H groups in total. The summed E-state index contributed by atoms with van der Waals surface area (Å²) >= 11 is 0. The van der Waals surface area contributed by atoms with E-state index in [1.165, 1.54) is 0 Å². The lowest BCUT2D eigenvalue weighted by Gasteiger charge is -2.19. The smallest absolute Gasteiger partial charge is 0.229 e. The van der Waals surface area contributed by atoms with Crippen LogP contribution in [0.1, 0.15) is 12.0 Å². The highest BCUT2D eigenvalue weighted by molar-refractivity contribution is 6.03. The fourth-order valence-electron chi connectivity index (χ4n) is 3.37. The first-order valence-electron chi connectivity index (χ1n) is 8.89. The van der Waals surface area contributed by atoms with E-state index in [0.717, 1.165) is 16.9 Å². The van der Waals surface area contributed by atoms with E-state index in [0.29, 0.717) is 12.2 Å². The van der Waals surface area contributed by atoms with Gasteiger partial charge in [-0.3, -0.25) is 9.59 Å². The highest BCUT2D eigenvalue weighted by Crippen LogP contribution is 2.28. The third-order valence-electron chi connectivity index (χ3n) is 4.78. The molecule has 1 aromatic heterocycles. The zero-order valence-electron chi connectivity index (χ0n) is 15.0. The van der Waals surface area contributed by atoms with Crippen LogP contribution < -0.4 is 10.2 Å². The van der Waals surface area contributed by atoms with Crippen molar-refractivity contribution in [2.45, 2.75) is 13.3 Å². The molecule has 1 saturated heterocycles. The molecule has 1 atom stereocenters. The van der Waals surface area contributed by atoms with Gasteiger partial charge in [0, 0.05) is 36.7 Å². The monoisotopic (exact) mass is 360 g/mol. The van der Waals surface area contributed by atoms with Crippen molar-refractivity contribution in [1.82, 2.24) is 9.78 Å². The number of rotatable bonds is 4. The quantitative estimate of drug-likeness (QED) is 0.777.